The summed E-state index contributed by atoms with van der Waals surface area (Å²) in [4.78, 5) is 25.4. The number of fused-ring (bicyclic) bond motifs is 1. The molecule has 164 valence electrons. The Morgan fingerprint density at radius 1 is 1.13 bits per heavy atom. The summed E-state index contributed by atoms with van der Waals surface area (Å²) in [6.45, 7) is 4.80. The van der Waals surface area contributed by atoms with Crippen molar-refractivity contribution in [2.24, 2.45) is 7.05 Å². The number of anilines is 1. The number of halogens is 3. The van der Waals surface area contributed by atoms with Gasteiger partial charge in [-0.3, -0.25) is 9.59 Å². The highest BCUT2D eigenvalue weighted by Crippen LogP contribution is 2.37. The molecule has 6 nitrogen and oxygen atoms in total. The summed E-state index contributed by atoms with van der Waals surface area (Å²) in [5.74, 6) is 0.346. The van der Waals surface area contributed by atoms with Crippen molar-refractivity contribution in [3.63, 3.8) is 0 Å². The van der Waals surface area contributed by atoms with Crippen LogP contribution < -0.4 is 16.4 Å². The van der Waals surface area contributed by atoms with Gasteiger partial charge in [-0.25, -0.2) is 4.68 Å². The number of benzene rings is 1. The summed E-state index contributed by atoms with van der Waals surface area (Å²) in [6.07, 6.45) is -1.01. The zero-order valence-electron chi connectivity index (χ0n) is 17.7. The molecule has 0 spiro atoms. The number of hydrogen-bond donors (Lipinski definition) is 1. The maximum atomic E-state index is 13.3. The van der Waals surface area contributed by atoms with Crippen LogP contribution in [0.15, 0.2) is 34.0 Å². The summed E-state index contributed by atoms with van der Waals surface area (Å²) in [5, 5.41) is 8.25. The van der Waals surface area contributed by atoms with Crippen LogP contribution in [0.3, 0.4) is 0 Å². The molecule has 9 heteroatoms. The van der Waals surface area contributed by atoms with Crippen LogP contribution in [-0.2, 0) is 13.2 Å². The van der Waals surface area contributed by atoms with Gasteiger partial charge in [-0.2, -0.15) is 18.3 Å². The molecule has 1 unspecified atom stereocenters. The minimum atomic E-state index is -4.45. The minimum absolute atomic E-state index is 0.107. The second-order valence-electron chi connectivity index (χ2n) is 8.15. The molecule has 1 fully saturated rings. The first-order valence-corrected chi connectivity index (χ1v) is 10.1. The van der Waals surface area contributed by atoms with Gasteiger partial charge < -0.3 is 9.88 Å². The molecule has 1 aromatic carbocycles. The van der Waals surface area contributed by atoms with E-state index in [1.165, 1.54) is 20.0 Å². The van der Waals surface area contributed by atoms with Gasteiger partial charge in [0, 0.05) is 30.2 Å². The van der Waals surface area contributed by atoms with Crippen LogP contribution in [0.25, 0.3) is 10.8 Å². The van der Waals surface area contributed by atoms with Gasteiger partial charge in [-0.15, -0.1) is 0 Å². The first kappa shape index (κ1) is 21.1. The van der Waals surface area contributed by atoms with Crippen LogP contribution in [0.1, 0.15) is 54.1 Å². The molecular weight excluding hydrogens is 409 g/mol. The summed E-state index contributed by atoms with van der Waals surface area (Å²) < 4.78 is 42.8. The number of aromatic nitrogens is 3. The first-order valence-electron chi connectivity index (χ1n) is 10.1. The lowest BCUT2D eigenvalue weighted by Gasteiger charge is -2.21. The van der Waals surface area contributed by atoms with Gasteiger partial charge in [0.1, 0.15) is 0 Å². The molecule has 31 heavy (non-hydrogen) atoms. The number of alkyl halides is 3. The lowest BCUT2D eigenvalue weighted by atomic mass is 9.97. The van der Waals surface area contributed by atoms with Crippen molar-refractivity contribution >= 4 is 16.6 Å². The van der Waals surface area contributed by atoms with Crippen molar-refractivity contribution in [3.8, 4) is 0 Å². The molecule has 0 aliphatic heterocycles. The molecule has 2 aromatic heterocycles. The molecule has 0 bridgehead atoms. The van der Waals surface area contributed by atoms with Crippen LogP contribution in [0, 0.1) is 13.8 Å². The zero-order chi connectivity index (χ0) is 22.7. The third-order valence-electron chi connectivity index (χ3n) is 5.92. The van der Waals surface area contributed by atoms with Crippen LogP contribution >= 0.6 is 0 Å². The van der Waals surface area contributed by atoms with E-state index in [1.54, 1.807) is 30.7 Å². The number of rotatable bonds is 4. The Bertz CT molecular complexity index is 1300. The summed E-state index contributed by atoms with van der Waals surface area (Å²) >= 11 is 0. The maximum absolute atomic E-state index is 13.3. The molecule has 1 aliphatic carbocycles. The maximum Gasteiger partial charge on any atom is 0.416 e. The Hall–Kier alpha value is -3.10. The van der Waals surface area contributed by atoms with Gasteiger partial charge in [-0.05, 0) is 50.8 Å². The highest BCUT2D eigenvalue weighted by Gasteiger charge is 2.33. The van der Waals surface area contributed by atoms with E-state index in [9.17, 15) is 22.8 Å². The monoisotopic (exact) mass is 432 g/mol. The highest BCUT2D eigenvalue weighted by molar-refractivity contribution is 5.92. The van der Waals surface area contributed by atoms with Crippen molar-refractivity contribution in [3.05, 3.63) is 67.4 Å². The van der Waals surface area contributed by atoms with E-state index in [2.05, 4.69) is 10.4 Å². The molecule has 1 atom stereocenters. The quantitative estimate of drug-likeness (QED) is 0.670. The van der Waals surface area contributed by atoms with E-state index in [4.69, 9.17) is 0 Å². The Balaban J connectivity index is 1.85. The molecular formula is C22H23F3N4O2. The molecule has 3 aromatic rings. The predicted octanol–water partition coefficient (Wildman–Crippen LogP) is 4.24. The van der Waals surface area contributed by atoms with E-state index < -0.39 is 17.8 Å². The average molecular weight is 432 g/mol. The molecule has 1 saturated carbocycles. The topological polar surface area (TPSA) is 68.9 Å². The molecule has 4 rings (SSSR count). The second kappa shape index (κ2) is 7.25. The third-order valence-corrected chi connectivity index (χ3v) is 5.92. The van der Waals surface area contributed by atoms with E-state index in [0.717, 1.165) is 23.6 Å². The SMILES string of the molecule is Cc1c(C(C)Nc2nn(C)c(=O)c3c(C)c(=O)n(C4CC4)cc23)cccc1C(F)(F)F. The minimum Gasteiger partial charge on any atom is -0.362 e. The normalized spacial score (nSPS) is 15.3. The zero-order valence-corrected chi connectivity index (χ0v) is 17.7. The smallest absolute Gasteiger partial charge is 0.362 e. The van der Waals surface area contributed by atoms with Gasteiger partial charge in [0.2, 0.25) is 0 Å². The summed E-state index contributed by atoms with van der Waals surface area (Å²) in [5.41, 5.74) is -0.318. The number of aryl methyl sites for hydroxylation is 2. The average Bonchev–Trinajstić information content (AvgIpc) is 3.52. The summed E-state index contributed by atoms with van der Waals surface area (Å²) in [7, 11) is 1.49. The van der Waals surface area contributed by atoms with Gasteiger partial charge >= 0.3 is 6.18 Å². The van der Waals surface area contributed by atoms with Gasteiger partial charge in [0.05, 0.1) is 17.0 Å². The second-order valence-corrected chi connectivity index (χ2v) is 8.15. The fourth-order valence-electron chi connectivity index (χ4n) is 4.07. The van der Waals surface area contributed by atoms with Crippen molar-refractivity contribution in [1.29, 1.82) is 0 Å². The van der Waals surface area contributed by atoms with E-state index in [1.807, 2.05) is 0 Å². The lowest BCUT2D eigenvalue weighted by molar-refractivity contribution is -0.138. The first-order chi connectivity index (χ1) is 14.5. The molecule has 0 amide bonds. The predicted molar refractivity (Wildman–Crippen MR) is 112 cm³/mol. The fraction of sp³-hybridized carbons (Fsp3) is 0.409. The van der Waals surface area contributed by atoms with Gasteiger partial charge in [0.15, 0.2) is 5.82 Å². The van der Waals surface area contributed by atoms with Gasteiger partial charge in [-0.1, -0.05) is 12.1 Å². The van der Waals surface area contributed by atoms with E-state index in [0.29, 0.717) is 22.3 Å². The number of nitrogens with one attached hydrogen (secondary N) is 1. The third kappa shape index (κ3) is 3.62. The lowest BCUT2D eigenvalue weighted by Crippen LogP contribution is -2.28. The number of nitrogens with zero attached hydrogens (tertiary/aromatic N) is 3. The standard InChI is InChI=1S/C22H23F3N4O2/c1-11-15(6-5-7-17(11)22(23,24)25)13(3)26-19-16-10-29(14-8-9-14)20(30)12(2)18(16)21(31)28(4)27-19/h5-7,10,13-14H,8-9H2,1-4H3,(H,26,27). The Morgan fingerprint density at radius 2 is 1.81 bits per heavy atom. The van der Waals surface area contributed by atoms with Crippen LogP contribution in [0.4, 0.5) is 19.0 Å². The van der Waals surface area contributed by atoms with Gasteiger partial charge in [0.25, 0.3) is 11.1 Å². The summed E-state index contributed by atoms with van der Waals surface area (Å²) in [6, 6.07) is 3.67. The molecule has 2 heterocycles. The largest absolute Gasteiger partial charge is 0.416 e. The van der Waals surface area contributed by atoms with Crippen molar-refractivity contribution < 1.29 is 13.2 Å². The van der Waals surface area contributed by atoms with Crippen LogP contribution in [-0.4, -0.2) is 14.3 Å². The number of hydrogen-bond acceptors (Lipinski definition) is 4. The molecule has 1 aliphatic rings. The molecule has 1 N–H and O–H groups in total. The highest BCUT2D eigenvalue weighted by atomic mass is 19.4. The molecule has 0 saturated heterocycles. The van der Waals surface area contributed by atoms with Crippen LogP contribution in [0.5, 0.6) is 0 Å². The number of pyridine rings is 1. The Labute approximate surface area is 176 Å². The van der Waals surface area contributed by atoms with Crippen molar-refractivity contribution in [2.75, 3.05) is 5.32 Å². The van der Waals surface area contributed by atoms with Crippen LogP contribution in [0.2, 0.25) is 0 Å². The van der Waals surface area contributed by atoms with E-state index in [-0.39, 0.29) is 28.1 Å². The Kier molecular flexibility index (Phi) is 4.94. The van der Waals surface area contributed by atoms with Crippen molar-refractivity contribution in [2.45, 2.75) is 51.9 Å². The van der Waals surface area contributed by atoms with Crippen molar-refractivity contribution in [1.82, 2.24) is 14.3 Å². The fourth-order valence-corrected chi connectivity index (χ4v) is 4.07. The Morgan fingerprint density at radius 3 is 2.42 bits per heavy atom. The molecule has 0 radical (unpaired) electrons. The van der Waals surface area contributed by atoms with E-state index >= 15 is 0 Å².